The fourth-order valence-corrected chi connectivity index (χ4v) is 1.85. The molecule has 0 bridgehead atoms. The number of nitrogen functional groups attached to an aromatic ring is 1. The Balaban J connectivity index is 2.60. The van der Waals surface area contributed by atoms with Crippen molar-refractivity contribution in [2.45, 2.75) is 26.8 Å². The summed E-state index contributed by atoms with van der Waals surface area (Å²) < 4.78 is 0. The van der Waals surface area contributed by atoms with E-state index in [0.717, 1.165) is 22.9 Å². The van der Waals surface area contributed by atoms with Crippen molar-refractivity contribution in [2.24, 2.45) is 0 Å². The Morgan fingerprint density at radius 3 is 2.93 bits per heavy atom. The van der Waals surface area contributed by atoms with Crippen LogP contribution in [0.15, 0.2) is 6.33 Å². The van der Waals surface area contributed by atoms with E-state index in [1.54, 1.807) is 0 Å². The van der Waals surface area contributed by atoms with Crippen molar-refractivity contribution in [2.75, 3.05) is 22.6 Å². The minimum absolute atomic E-state index is 0.392. The normalized spacial score (nSPS) is 12.5. The number of nitrogens with one attached hydrogen (secondary N) is 1. The molecule has 0 fully saturated rings. The summed E-state index contributed by atoms with van der Waals surface area (Å²) in [6.07, 6.45) is 1.49. The summed E-state index contributed by atoms with van der Waals surface area (Å²) in [7, 11) is 0. The number of hydrogen-bond donors (Lipinski definition) is 2. The third kappa shape index (κ3) is 3.58. The van der Waals surface area contributed by atoms with Crippen LogP contribution < -0.4 is 11.1 Å². The lowest BCUT2D eigenvalue weighted by atomic mass is 10.3. The maximum atomic E-state index is 5.70. The molecule has 0 aliphatic heterocycles. The van der Waals surface area contributed by atoms with Gasteiger partial charge >= 0.3 is 0 Å². The molecule has 0 aliphatic carbocycles. The molecule has 0 saturated heterocycles. The minimum Gasteiger partial charge on any atom is -0.383 e. The SMILES string of the molecule is CCSCC(C)Nc1ncnc(N)c1C. The first kappa shape index (κ1) is 12.1. The van der Waals surface area contributed by atoms with Gasteiger partial charge in [0.15, 0.2) is 0 Å². The predicted octanol–water partition coefficient (Wildman–Crippen LogP) is 1.92. The number of hydrogen-bond acceptors (Lipinski definition) is 5. The molecule has 1 aromatic heterocycles. The summed E-state index contributed by atoms with van der Waals surface area (Å²) in [5.74, 6) is 3.59. The van der Waals surface area contributed by atoms with Crippen LogP contribution in [0.2, 0.25) is 0 Å². The lowest BCUT2D eigenvalue weighted by molar-refractivity contribution is 0.895. The van der Waals surface area contributed by atoms with Crippen LogP contribution in [0.25, 0.3) is 0 Å². The second-order valence-electron chi connectivity index (χ2n) is 3.44. The van der Waals surface area contributed by atoms with E-state index in [4.69, 9.17) is 5.73 Å². The fraction of sp³-hybridized carbons (Fsp3) is 0.600. The summed E-state index contributed by atoms with van der Waals surface area (Å²) in [6.45, 7) is 6.23. The van der Waals surface area contributed by atoms with E-state index in [9.17, 15) is 0 Å². The Labute approximate surface area is 95.1 Å². The van der Waals surface area contributed by atoms with Crippen LogP contribution in [-0.4, -0.2) is 27.5 Å². The molecule has 0 saturated carbocycles. The van der Waals surface area contributed by atoms with Gasteiger partial charge in [-0.3, -0.25) is 0 Å². The molecule has 1 heterocycles. The van der Waals surface area contributed by atoms with E-state index in [1.807, 2.05) is 18.7 Å². The van der Waals surface area contributed by atoms with Crippen molar-refractivity contribution in [3.05, 3.63) is 11.9 Å². The Hall–Kier alpha value is -0.970. The zero-order valence-corrected chi connectivity index (χ0v) is 10.3. The van der Waals surface area contributed by atoms with Crippen LogP contribution in [0.3, 0.4) is 0 Å². The van der Waals surface area contributed by atoms with Crippen molar-refractivity contribution in [1.82, 2.24) is 9.97 Å². The van der Waals surface area contributed by atoms with Gasteiger partial charge in [-0.25, -0.2) is 9.97 Å². The molecule has 1 unspecified atom stereocenters. The Bertz CT molecular complexity index is 316. The average molecular weight is 226 g/mol. The summed E-state index contributed by atoms with van der Waals surface area (Å²) >= 11 is 1.91. The highest BCUT2D eigenvalue weighted by molar-refractivity contribution is 7.99. The van der Waals surface area contributed by atoms with Gasteiger partial charge in [-0.1, -0.05) is 6.92 Å². The van der Waals surface area contributed by atoms with E-state index < -0.39 is 0 Å². The summed E-state index contributed by atoms with van der Waals surface area (Å²) in [5.41, 5.74) is 6.62. The molecular formula is C10H18N4S. The molecule has 0 radical (unpaired) electrons. The highest BCUT2D eigenvalue weighted by Gasteiger charge is 2.07. The topological polar surface area (TPSA) is 63.8 Å². The maximum absolute atomic E-state index is 5.70. The first-order valence-corrected chi connectivity index (χ1v) is 6.22. The van der Waals surface area contributed by atoms with Crippen molar-refractivity contribution in [3.8, 4) is 0 Å². The monoisotopic (exact) mass is 226 g/mol. The van der Waals surface area contributed by atoms with Gasteiger partial charge in [-0.2, -0.15) is 11.8 Å². The summed E-state index contributed by atoms with van der Waals surface area (Å²) in [6, 6.07) is 0.392. The van der Waals surface area contributed by atoms with Gasteiger partial charge in [-0.05, 0) is 19.6 Å². The van der Waals surface area contributed by atoms with E-state index in [-0.39, 0.29) is 0 Å². The Morgan fingerprint density at radius 1 is 1.53 bits per heavy atom. The van der Waals surface area contributed by atoms with Crippen molar-refractivity contribution < 1.29 is 0 Å². The lowest BCUT2D eigenvalue weighted by Crippen LogP contribution is -2.20. The molecule has 3 N–H and O–H groups in total. The third-order valence-corrected chi connectivity index (χ3v) is 3.22. The Kier molecular flexibility index (Phi) is 4.68. The van der Waals surface area contributed by atoms with E-state index >= 15 is 0 Å². The van der Waals surface area contributed by atoms with E-state index in [1.165, 1.54) is 6.33 Å². The van der Waals surface area contributed by atoms with E-state index in [0.29, 0.717) is 11.9 Å². The van der Waals surface area contributed by atoms with E-state index in [2.05, 4.69) is 29.1 Å². The summed E-state index contributed by atoms with van der Waals surface area (Å²) in [5, 5.41) is 3.33. The van der Waals surface area contributed by atoms with Gasteiger partial charge in [0, 0.05) is 17.4 Å². The van der Waals surface area contributed by atoms with Gasteiger partial charge in [0.05, 0.1) is 0 Å². The first-order chi connectivity index (χ1) is 7.15. The van der Waals surface area contributed by atoms with Crippen LogP contribution in [-0.2, 0) is 0 Å². The smallest absolute Gasteiger partial charge is 0.134 e. The predicted molar refractivity (Wildman–Crippen MR) is 67.3 cm³/mol. The second-order valence-corrected chi connectivity index (χ2v) is 4.76. The quantitative estimate of drug-likeness (QED) is 0.803. The number of nitrogens with zero attached hydrogens (tertiary/aromatic N) is 2. The highest BCUT2D eigenvalue weighted by atomic mass is 32.2. The Morgan fingerprint density at radius 2 is 2.27 bits per heavy atom. The third-order valence-electron chi connectivity index (χ3n) is 2.08. The second kappa shape index (κ2) is 5.80. The molecule has 84 valence electrons. The molecule has 4 nitrogen and oxygen atoms in total. The maximum Gasteiger partial charge on any atom is 0.134 e. The van der Waals surface area contributed by atoms with Crippen LogP contribution in [0, 0.1) is 6.92 Å². The van der Waals surface area contributed by atoms with Crippen molar-refractivity contribution in [1.29, 1.82) is 0 Å². The molecule has 1 aromatic rings. The molecule has 5 heteroatoms. The number of rotatable bonds is 5. The first-order valence-electron chi connectivity index (χ1n) is 5.06. The van der Waals surface area contributed by atoms with Crippen molar-refractivity contribution in [3.63, 3.8) is 0 Å². The number of thioether (sulfide) groups is 1. The van der Waals surface area contributed by atoms with Crippen LogP contribution in [0.4, 0.5) is 11.6 Å². The van der Waals surface area contributed by atoms with Gasteiger partial charge in [-0.15, -0.1) is 0 Å². The van der Waals surface area contributed by atoms with Crippen molar-refractivity contribution >= 4 is 23.4 Å². The van der Waals surface area contributed by atoms with Crippen LogP contribution in [0.5, 0.6) is 0 Å². The number of aromatic nitrogens is 2. The molecule has 0 aromatic carbocycles. The van der Waals surface area contributed by atoms with Gasteiger partial charge < -0.3 is 11.1 Å². The largest absolute Gasteiger partial charge is 0.383 e. The van der Waals surface area contributed by atoms with Gasteiger partial charge in [0.25, 0.3) is 0 Å². The van der Waals surface area contributed by atoms with Crippen LogP contribution >= 0.6 is 11.8 Å². The number of nitrogens with two attached hydrogens (primary N) is 1. The fourth-order valence-electron chi connectivity index (χ4n) is 1.18. The highest BCUT2D eigenvalue weighted by Crippen LogP contribution is 2.16. The lowest BCUT2D eigenvalue weighted by Gasteiger charge is -2.15. The zero-order chi connectivity index (χ0) is 11.3. The zero-order valence-electron chi connectivity index (χ0n) is 9.45. The standard InChI is InChI=1S/C10H18N4S/c1-4-15-5-7(2)14-10-8(3)9(11)12-6-13-10/h6-7H,4-5H2,1-3H3,(H3,11,12,13,14). The molecule has 0 aliphatic rings. The summed E-state index contributed by atoms with van der Waals surface area (Å²) in [4.78, 5) is 8.11. The minimum atomic E-state index is 0.392. The van der Waals surface area contributed by atoms with Gasteiger partial charge in [0.2, 0.25) is 0 Å². The van der Waals surface area contributed by atoms with Gasteiger partial charge in [0.1, 0.15) is 18.0 Å². The molecule has 0 spiro atoms. The molecule has 1 atom stereocenters. The van der Waals surface area contributed by atoms with Crippen LogP contribution in [0.1, 0.15) is 19.4 Å². The average Bonchev–Trinajstić information content (AvgIpc) is 2.22. The molecule has 15 heavy (non-hydrogen) atoms. The molecule has 0 amide bonds. The number of anilines is 2. The molecular weight excluding hydrogens is 208 g/mol. The molecule has 1 rings (SSSR count).